The molecule has 1 fully saturated rings. The topological polar surface area (TPSA) is 89.0 Å². The van der Waals surface area contributed by atoms with Crippen molar-refractivity contribution in [2.75, 3.05) is 19.9 Å². The SMILES string of the molecule is CC1CC(C(=O)O)CN(C(=O)c2cnc(-c3ccc4c(c3)OCO4)s2)C1. The number of piperidine rings is 1. The highest BCUT2D eigenvalue weighted by atomic mass is 32.1. The van der Waals surface area contributed by atoms with Crippen LogP contribution in [0.25, 0.3) is 10.6 Å². The lowest BCUT2D eigenvalue weighted by Crippen LogP contribution is -2.45. The minimum absolute atomic E-state index is 0.160. The number of likely N-dealkylation sites (tertiary alicyclic amines) is 1. The van der Waals surface area contributed by atoms with Gasteiger partial charge in [-0.25, -0.2) is 4.98 Å². The van der Waals surface area contributed by atoms with Gasteiger partial charge in [-0.3, -0.25) is 9.59 Å². The molecule has 2 aliphatic rings. The zero-order valence-electron chi connectivity index (χ0n) is 14.2. The molecule has 8 heteroatoms. The number of thiazole rings is 1. The molecule has 1 amide bonds. The Kier molecular flexibility index (Phi) is 4.28. The van der Waals surface area contributed by atoms with Gasteiger partial charge in [0.05, 0.1) is 12.1 Å². The Balaban J connectivity index is 1.54. The Morgan fingerprint density at radius 3 is 2.88 bits per heavy atom. The van der Waals surface area contributed by atoms with Crippen molar-refractivity contribution in [2.24, 2.45) is 11.8 Å². The summed E-state index contributed by atoms with van der Waals surface area (Å²) >= 11 is 1.30. The van der Waals surface area contributed by atoms with Crippen molar-refractivity contribution in [1.29, 1.82) is 0 Å². The van der Waals surface area contributed by atoms with Gasteiger partial charge in [0.25, 0.3) is 5.91 Å². The number of carbonyl (C=O) groups is 2. The zero-order valence-corrected chi connectivity index (χ0v) is 15.0. The van der Waals surface area contributed by atoms with Crippen LogP contribution in [0, 0.1) is 11.8 Å². The van der Waals surface area contributed by atoms with Crippen LogP contribution in [0.2, 0.25) is 0 Å². The van der Waals surface area contributed by atoms with Crippen LogP contribution in [0.3, 0.4) is 0 Å². The van der Waals surface area contributed by atoms with E-state index in [0.717, 1.165) is 5.56 Å². The molecule has 136 valence electrons. The van der Waals surface area contributed by atoms with E-state index in [2.05, 4.69) is 4.98 Å². The first-order chi connectivity index (χ1) is 12.5. The first-order valence-electron chi connectivity index (χ1n) is 8.39. The van der Waals surface area contributed by atoms with Gasteiger partial charge in [0.15, 0.2) is 11.5 Å². The number of nitrogens with zero attached hydrogens (tertiary/aromatic N) is 2. The van der Waals surface area contributed by atoms with Crippen molar-refractivity contribution in [3.05, 3.63) is 29.3 Å². The number of amides is 1. The van der Waals surface area contributed by atoms with Gasteiger partial charge in [0.2, 0.25) is 6.79 Å². The maximum absolute atomic E-state index is 12.8. The molecule has 2 atom stereocenters. The molecule has 7 nitrogen and oxygen atoms in total. The molecule has 2 unspecified atom stereocenters. The minimum atomic E-state index is -0.847. The van der Waals surface area contributed by atoms with Crippen LogP contribution < -0.4 is 9.47 Å². The van der Waals surface area contributed by atoms with Gasteiger partial charge in [0.1, 0.15) is 9.88 Å². The molecule has 2 aromatic rings. The monoisotopic (exact) mass is 374 g/mol. The van der Waals surface area contributed by atoms with E-state index in [1.807, 2.05) is 25.1 Å². The second-order valence-corrected chi connectivity index (χ2v) is 7.71. The molecule has 1 aromatic carbocycles. The van der Waals surface area contributed by atoms with Gasteiger partial charge in [0, 0.05) is 18.7 Å². The molecule has 4 rings (SSSR count). The molecule has 0 saturated carbocycles. The summed E-state index contributed by atoms with van der Waals surface area (Å²) in [6.07, 6.45) is 2.16. The number of aliphatic carboxylic acids is 1. The number of aromatic nitrogens is 1. The lowest BCUT2D eigenvalue weighted by Gasteiger charge is -2.34. The third kappa shape index (κ3) is 3.12. The number of benzene rings is 1. The van der Waals surface area contributed by atoms with E-state index < -0.39 is 11.9 Å². The summed E-state index contributed by atoms with van der Waals surface area (Å²) < 4.78 is 10.7. The van der Waals surface area contributed by atoms with Crippen LogP contribution in [0.4, 0.5) is 0 Å². The average molecular weight is 374 g/mol. The highest BCUT2D eigenvalue weighted by Crippen LogP contribution is 2.37. The Hall–Kier alpha value is -2.61. The molecule has 1 saturated heterocycles. The molecule has 0 aliphatic carbocycles. The van der Waals surface area contributed by atoms with Gasteiger partial charge < -0.3 is 19.5 Å². The van der Waals surface area contributed by atoms with E-state index in [9.17, 15) is 14.7 Å². The molecule has 26 heavy (non-hydrogen) atoms. The summed E-state index contributed by atoms with van der Waals surface area (Å²) in [5.41, 5.74) is 0.855. The number of carboxylic acid groups (broad SMARTS) is 1. The highest BCUT2D eigenvalue weighted by molar-refractivity contribution is 7.16. The molecular formula is C18H18N2O5S. The third-order valence-corrected chi connectivity index (χ3v) is 5.67. The van der Waals surface area contributed by atoms with Crippen LogP contribution >= 0.6 is 11.3 Å². The van der Waals surface area contributed by atoms with Gasteiger partial charge >= 0.3 is 5.97 Å². The van der Waals surface area contributed by atoms with Crippen molar-refractivity contribution in [1.82, 2.24) is 9.88 Å². The quantitative estimate of drug-likeness (QED) is 0.889. The summed E-state index contributed by atoms with van der Waals surface area (Å²) in [7, 11) is 0. The maximum Gasteiger partial charge on any atom is 0.308 e. The number of fused-ring (bicyclic) bond motifs is 1. The summed E-state index contributed by atoms with van der Waals surface area (Å²) in [5, 5.41) is 10.0. The number of ether oxygens (including phenoxy) is 2. The van der Waals surface area contributed by atoms with E-state index in [0.29, 0.717) is 34.3 Å². The van der Waals surface area contributed by atoms with Crippen molar-refractivity contribution >= 4 is 23.2 Å². The fourth-order valence-corrected chi connectivity index (χ4v) is 4.27. The van der Waals surface area contributed by atoms with Crippen molar-refractivity contribution in [3.8, 4) is 22.1 Å². The van der Waals surface area contributed by atoms with E-state index in [1.54, 1.807) is 11.1 Å². The van der Waals surface area contributed by atoms with E-state index >= 15 is 0 Å². The van der Waals surface area contributed by atoms with Crippen molar-refractivity contribution in [2.45, 2.75) is 13.3 Å². The average Bonchev–Trinajstić information content (AvgIpc) is 3.29. The van der Waals surface area contributed by atoms with E-state index in [1.165, 1.54) is 11.3 Å². The summed E-state index contributed by atoms with van der Waals surface area (Å²) in [4.78, 5) is 30.6. The van der Waals surface area contributed by atoms with Crippen LogP contribution in [0.15, 0.2) is 24.4 Å². The molecule has 1 N–H and O–H groups in total. The van der Waals surface area contributed by atoms with Crippen LogP contribution in [-0.2, 0) is 4.79 Å². The molecule has 0 radical (unpaired) electrons. The Morgan fingerprint density at radius 1 is 1.27 bits per heavy atom. The molecular weight excluding hydrogens is 356 g/mol. The van der Waals surface area contributed by atoms with Gasteiger partial charge in [-0.05, 0) is 30.5 Å². The first kappa shape index (κ1) is 16.8. The number of hydrogen-bond acceptors (Lipinski definition) is 6. The van der Waals surface area contributed by atoms with E-state index in [4.69, 9.17) is 9.47 Å². The summed E-state index contributed by atoms with van der Waals surface area (Å²) in [6.45, 7) is 2.99. The van der Waals surface area contributed by atoms with Gasteiger partial charge in [-0.1, -0.05) is 6.92 Å². The second-order valence-electron chi connectivity index (χ2n) is 6.68. The first-order valence-corrected chi connectivity index (χ1v) is 9.21. The molecule has 1 aromatic heterocycles. The van der Waals surface area contributed by atoms with Crippen molar-refractivity contribution in [3.63, 3.8) is 0 Å². The molecule has 2 aliphatic heterocycles. The van der Waals surface area contributed by atoms with Crippen LogP contribution in [0.1, 0.15) is 23.0 Å². The highest BCUT2D eigenvalue weighted by Gasteiger charge is 2.33. The van der Waals surface area contributed by atoms with E-state index in [-0.39, 0.29) is 25.2 Å². The van der Waals surface area contributed by atoms with Gasteiger partial charge in [-0.2, -0.15) is 0 Å². The maximum atomic E-state index is 12.8. The lowest BCUT2D eigenvalue weighted by molar-refractivity contribution is -0.143. The number of carbonyl (C=O) groups excluding carboxylic acids is 1. The fourth-order valence-electron chi connectivity index (χ4n) is 3.39. The Morgan fingerprint density at radius 2 is 2.08 bits per heavy atom. The fraction of sp³-hybridized carbons (Fsp3) is 0.389. The van der Waals surface area contributed by atoms with Crippen LogP contribution in [-0.4, -0.2) is 46.7 Å². The van der Waals surface area contributed by atoms with Gasteiger partial charge in [-0.15, -0.1) is 11.3 Å². The molecule has 0 spiro atoms. The standard InChI is InChI=1S/C18H18N2O5S/c1-10-4-12(18(22)23)8-20(7-10)17(21)15-6-19-16(26-15)11-2-3-13-14(5-11)25-9-24-13/h2-3,5-6,10,12H,4,7-9H2,1H3,(H,22,23). The normalized spacial score (nSPS) is 21.7. The number of rotatable bonds is 3. The second kappa shape index (κ2) is 6.60. The minimum Gasteiger partial charge on any atom is -0.481 e. The molecule has 0 bridgehead atoms. The zero-order chi connectivity index (χ0) is 18.3. The number of hydrogen-bond donors (Lipinski definition) is 1. The largest absolute Gasteiger partial charge is 0.481 e. The van der Waals surface area contributed by atoms with Crippen molar-refractivity contribution < 1.29 is 24.2 Å². The third-order valence-electron chi connectivity index (χ3n) is 4.63. The predicted molar refractivity (Wildman–Crippen MR) is 94.5 cm³/mol. The smallest absolute Gasteiger partial charge is 0.308 e. The summed E-state index contributed by atoms with van der Waals surface area (Å²) in [6, 6.07) is 5.55. The lowest BCUT2D eigenvalue weighted by atomic mass is 9.90. The predicted octanol–water partition coefficient (Wildman–Crippen LogP) is 2.72. The summed E-state index contributed by atoms with van der Waals surface area (Å²) in [5.74, 6) is 0.00866. The Labute approximate surface area is 154 Å². The Bertz CT molecular complexity index is 865. The van der Waals surface area contributed by atoms with Crippen LogP contribution in [0.5, 0.6) is 11.5 Å². The number of carboxylic acids is 1. The molecule has 3 heterocycles.